The first-order chi connectivity index (χ1) is 14.2. The third-order valence-electron chi connectivity index (χ3n) is 5.91. The molecule has 6 heteroatoms. The number of aromatic nitrogens is 4. The molecule has 0 unspecified atom stereocenters. The van der Waals surface area contributed by atoms with Crippen LogP contribution in [0.4, 0.5) is 5.82 Å². The summed E-state index contributed by atoms with van der Waals surface area (Å²) in [5.74, 6) is 2.07. The zero-order valence-corrected chi connectivity index (χ0v) is 17.0. The quantitative estimate of drug-likeness (QED) is 0.536. The van der Waals surface area contributed by atoms with Gasteiger partial charge in [0.1, 0.15) is 18.0 Å². The SMILES string of the molecule is CCn1c(C)nc2cc3c(N4CCN(Cc5ccccc5)CC4)ncnc3cc21. The molecule has 0 radical (unpaired) electrons. The number of rotatable bonds is 4. The van der Waals surface area contributed by atoms with E-state index in [-0.39, 0.29) is 0 Å². The molecule has 1 saturated heterocycles. The van der Waals surface area contributed by atoms with E-state index in [2.05, 4.69) is 80.6 Å². The first kappa shape index (κ1) is 18.1. The second-order valence-corrected chi connectivity index (χ2v) is 7.71. The second-order valence-electron chi connectivity index (χ2n) is 7.71. The first-order valence-corrected chi connectivity index (χ1v) is 10.4. The topological polar surface area (TPSA) is 50.1 Å². The molecule has 0 spiro atoms. The highest BCUT2D eigenvalue weighted by atomic mass is 15.3. The fourth-order valence-electron chi connectivity index (χ4n) is 4.39. The summed E-state index contributed by atoms with van der Waals surface area (Å²) < 4.78 is 2.24. The largest absolute Gasteiger partial charge is 0.353 e. The lowest BCUT2D eigenvalue weighted by Crippen LogP contribution is -2.46. The van der Waals surface area contributed by atoms with E-state index in [0.29, 0.717) is 0 Å². The minimum absolute atomic E-state index is 0.912. The highest BCUT2D eigenvalue weighted by molar-refractivity contribution is 5.99. The van der Waals surface area contributed by atoms with E-state index >= 15 is 0 Å². The lowest BCUT2D eigenvalue weighted by molar-refractivity contribution is 0.249. The number of benzene rings is 2. The van der Waals surface area contributed by atoms with E-state index in [1.807, 2.05) is 0 Å². The van der Waals surface area contributed by atoms with Crippen LogP contribution in [0, 0.1) is 6.92 Å². The minimum Gasteiger partial charge on any atom is -0.353 e. The molecule has 1 fully saturated rings. The van der Waals surface area contributed by atoms with E-state index in [0.717, 1.165) is 72.8 Å². The molecule has 0 aliphatic carbocycles. The number of anilines is 1. The number of imidazole rings is 1. The minimum atomic E-state index is 0.912. The third kappa shape index (κ3) is 3.34. The summed E-state index contributed by atoms with van der Waals surface area (Å²) in [6, 6.07) is 15.0. The van der Waals surface area contributed by atoms with Crippen molar-refractivity contribution >= 4 is 27.8 Å². The van der Waals surface area contributed by atoms with Gasteiger partial charge in [-0.15, -0.1) is 0 Å². The van der Waals surface area contributed by atoms with Gasteiger partial charge in [-0.2, -0.15) is 0 Å². The molecule has 1 aliphatic rings. The molecule has 4 aromatic rings. The summed E-state index contributed by atoms with van der Waals surface area (Å²) in [5, 5.41) is 1.09. The Labute approximate surface area is 170 Å². The van der Waals surface area contributed by atoms with Gasteiger partial charge in [0.25, 0.3) is 0 Å². The second kappa shape index (κ2) is 7.44. The molecule has 2 aromatic carbocycles. The Kier molecular flexibility index (Phi) is 4.64. The van der Waals surface area contributed by atoms with Gasteiger partial charge in [0.2, 0.25) is 0 Å². The summed E-state index contributed by atoms with van der Waals surface area (Å²) in [7, 11) is 0. The predicted molar refractivity (Wildman–Crippen MR) is 117 cm³/mol. The Hall–Kier alpha value is -2.99. The predicted octanol–water partition coefficient (Wildman–Crippen LogP) is 3.63. The standard InChI is InChI=1S/C23H26N6/c1-3-29-17(2)26-21-13-19-20(14-22(21)29)24-16-25-23(19)28-11-9-27(10-12-28)15-18-7-5-4-6-8-18/h4-8,13-14,16H,3,9-12,15H2,1-2H3. The van der Waals surface area contributed by atoms with Crippen LogP contribution in [0.3, 0.4) is 0 Å². The van der Waals surface area contributed by atoms with E-state index in [9.17, 15) is 0 Å². The Morgan fingerprint density at radius 3 is 2.48 bits per heavy atom. The van der Waals surface area contributed by atoms with E-state index in [1.54, 1.807) is 6.33 Å². The maximum atomic E-state index is 4.76. The zero-order valence-electron chi connectivity index (χ0n) is 17.0. The van der Waals surface area contributed by atoms with Gasteiger partial charge in [-0.1, -0.05) is 30.3 Å². The first-order valence-electron chi connectivity index (χ1n) is 10.4. The molecule has 0 atom stereocenters. The van der Waals surface area contributed by atoms with Gasteiger partial charge in [-0.3, -0.25) is 4.90 Å². The van der Waals surface area contributed by atoms with Crippen LogP contribution in [0.15, 0.2) is 48.8 Å². The highest BCUT2D eigenvalue weighted by Gasteiger charge is 2.21. The molecule has 0 N–H and O–H groups in total. The molecule has 1 aliphatic heterocycles. The summed E-state index contributed by atoms with van der Waals surface area (Å²) in [6.45, 7) is 10.1. The molecule has 6 nitrogen and oxygen atoms in total. The summed E-state index contributed by atoms with van der Waals surface area (Å²) in [4.78, 5) is 18.9. The Bertz CT molecular complexity index is 1140. The number of hydrogen-bond donors (Lipinski definition) is 0. The molecule has 148 valence electrons. The van der Waals surface area contributed by atoms with Crippen molar-refractivity contribution in [1.82, 2.24) is 24.4 Å². The van der Waals surface area contributed by atoms with Crippen LogP contribution in [-0.2, 0) is 13.1 Å². The molecule has 29 heavy (non-hydrogen) atoms. The van der Waals surface area contributed by atoms with E-state index in [1.165, 1.54) is 5.56 Å². The van der Waals surface area contributed by atoms with Gasteiger partial charge in [0.05, 0.1) is 16.6 Å². The molecule has 0 amide bonds. The number of aryl methyl sites for hydroxylation is 2. The maximum Gasteiger partial charge on any atom is 0.140 e. The highest BCUT2D eigenvalue weighted by Crippen LogP contribution is 2.29. The number of piperazine rings is 1. The van der Waals surface area contributed by atoms with Crippen molar-refractivity contribution in [2.75, 3.05) is 31.1 Å². The summed E-state index contributed by atoms with van der Waals surface area (Å²) in [6.07, 6.45) is 1.69. The van der Waals surface area contributed by atoms with Crippen LogP contribution in [0.1, 0.15) is 18.3 Å². The monoisotopic (exact) mass is 386 g/mol. The number of hydrogen-bond acceptors (Lipinski definition) is 5. The molecular weight excluding hydrogens is 360 g/mol. The van der Waals surface area contributed by atoms with Crippen molar-refractivity contribution in [2.24, 2.45) is 0 Å². The van der Waals surface area contributed by atoms with E-state index in [4.69, 9.17) is 4.98 Å². The van der Waals surface area contributed by atoms with Crippen molar-refractivity contribution in [2.45, 2.75) is 26.9 Å². The van der Waals surface area contributed by atoms with Crippen LogP contribution in [-0.4, -0.2) is 50.6 Å². The van der Waals surface area contributed by atoms with E-state index < -0.39 is 0 Å². The van der Waals surface area contributed by atoms with Gasteiger partial charge >= 0.3 is 0 Å². The van der Waals surface area contributed by atoms with Crippen molar-refractivity contribution in [3.8, 4) is 0 Å². The van der Waals surface area contributed by atoms with Crippen LogP contribution < -0.4 is 4.90 Å². The van der Waals surface area contributed by atoms with Crippen molar-refractivity contribution in [3.63, 3.8) is 0 Å². The Morgan fingerprint density at radius 1 is 0.931 bits per heavy atom. The molecule has 0 bridgehead atoms. The Morgan fingerprint density at radius 2 is 1.72 bits per heavy atom. The number of fused-ring (bicyclic) bond motifs is 2. The van der Waals surface area contributed by atoms with Crippen LogP contribution >= 0.6 is 0 Å². The van der Waals surface area contributed by atoms with Gasteiger partial charge in [-0.05, 0) is 31.5 Å². The van der Waals surface area contributed by atoms with Gasteiger partial charge in [-0.25, -0.2) is 15.0 Å². The maximum absolute atomic E-state index is 4.76. The van der Waals surface area contributed by atoms with Crippen LogP contribution in [0.2, 0.25) is 0 Å². The van der Waals surface area contributed by atoms with Gasteiger partial charge < -0.3 is 9.47 Å². The molecular formula is C23H26N6. The average Bonchev–Trinajstić information content (AvgIpc) is 3.07. The molecule has 5 rings (SSSR count). The van der Waals surface area contributed by atoms with Crippen molar-refractivity contribution in [3.05, 3.63) is 60.2 Å². The molecule has 0 saturated carbocycles. The van der Waals surface area contributed by atoms with Gasteiger partial charge in [0.15, 0.2) is 0 Å². The Balaban J connectivity index is 1.41. The summed E-state index contributed by atoms with van der Waals surface area (Å²) >= 11 is 0. The van der Waals surface area contributed by atoms with Crippen LogP contribution in [0.25, 0.3) is 21.9 Å². The smallest absolute Gasteiger partial charge is 0.140 e. The van der Waals surface area contributed by atoms with Crippen molar-refractivity contribution < 1.29 is 0 Å². The molecule has 3 heterocycles. The summed E-state index contributed by atoms with van der Waals surface area (Å²) in [5.41, 5.74) is 4.53. The third-order valence-corrected chi connectivity index (χ3v) is 5.91. The normalized spacial score (nSPS) is 15.4. The fraction of sp³-hybridized carbons (Fsp3) is 0.348. The molecule has 2 aromatic heterocycles. The zero-order chi connectivity index (χ0) is 19.8. The lowest BCUT2D eigenvalue weighted by atomic mass is 10.1. The average molecular weight is 387 g/mol. The number of nitrogens with zero attached hydrogens (tertiary/aromatic N) is 6. The lowest BCUT2D eigenvalue weighted by Gasteiger charge is -2.35. The van der Waals surface area contributed by atoms with Gasteiger partial charge in [0, 0.05) is 44.7 Å². The van der Waals surface area contributed by atoms with Crippen molar-refractivity contribution in [1.29, 1.82) is 0 Å². The fourth-order valence-corrected chi connectivity index (χ4v) is 4.39. The van der Waals surface area contributed by atoms with Crippen LogP contribution in [0.5, 0.6) is 0 Å².